The predicted molar refractivity (Wildman–Crippen MR) is 139 cm³/mol. The van der Waals surface area contributed by atoms with E-state index >= 15 is 0 Å². The maximum Gasteiger partial charge on any atom is 0.167 e. The molecule has 0 N–H and O–H groups in total. The van der Waals surface area contributed by atoms with Crippen molar-refractivity contribution in [3.63, 3.8) is 0 Å². The summed E-state index contributed by atoms with van der Waals surface area (Å²) in [5.41, 5.74) is 2.98. The Kier molecular flexibility index (Phi) is 9.05. The highest BCUT2D eigenvalue weighted by atomic mass is 32.2. The second-order valence-electron chi connectivity index (χ2n) is 8.62. The van der Waals surface area contributed by atoms with E-state index in [2.05, 4.69) is 17.0 Å². The summed E-state index contributed by atoms with van der Waals surface area (Å²) in [6.07, 6.45) is 4.28. The molecular formula is C29H33NO3S. The predicted octanol–water partition coefficient (Wildman–Crippen LogP) is 6.28. The number of carbonyl (C=O) groups excluding carboxylic acids is 1. The van der Waals surface area contributed by atoms with E-state index in [4.69, 9.17) is 9.47 Å². The number of benzene rings is 3. The van der Waals surface area contributed by atoms with Gasteiger partial charge in [0.05, 0.1) is 7.11 Å². The van der Waals surface area contributed by atoms with Crippen LogP contribution in [0.4, 0.5) is 0 Å². The van der Waals surface area contributed by atoms with Gasteiger partial charge in [0.1, 0.15) is 18.1 Å². The van der Waals surface area contributed by atoms with E-state index in [0.717, 1.165) is 34.3 Å². The molecule has 0 radical (unpaired) electrons. The molecule has 0 amide bonds. The zero-order valence-electron chi connectivity index (χ0n) is 19.9. The van der Waals surface area contributed by atoms with Crippen LogP contribution in [-0.4, -0.2) is 44.0 Å². The molecule has 0 saturated carbocycles. The molecule has 0 atom stereocenters. The number of hydrogen-bond acceptors (Lipinski definition) is 5. The first-order chi connectivity index (χ1) is 16.7. The summed E-state index contributed by atoms with van der Waals surface area (Å²) in [5, 5.41) is 0. The van der Waals surface area contributed by atoms with Gasteiger partial charge >= 0.3 is 0 Å². The molecule has 4 nitrogen and oxygen atoms in total. The highest BCUT2D eigenvalue weighted by molar-refractivity contribution is 7.98. The fraction of sp³-hybridized carbons (Fsp3) is 0.345. The molecule has 1 aliphatic rings. The Hall–Kier alpha value is -2.76. The number of thioether (sulfide) groups is 1. The zero-order valence-corrected chi connectivity index (χ0v) is 20.7. The summed E-state index contributed by atoms with van der Waals surface area (Å²) >= 11 is 1.73. The van der Waals surface area contributed by atoms with Crippen molar-refractivity contribution in [3.8, 4) is 11.5 Å². The van der Waals surface area contributed by atoms with Gasteiger partial charge in [0.15, 0.2) is 5.78 Å². The van der Waals surface area contributed by atoms with Gasteiger partial charge in [-0.1, -0.05) is 42.8 Å². The molecule has 3 aromatic carbocycles. The highest BCUT2D eigenvalue weighted by Crippen LogP contribution is 2.31. The fourth-order valence-corrected chi connectivity index (χ4v) is 5.20. The lowest BCUT2D eigenvalue weighted by Crippen LogP contribution is -2.33. The van der Waals surface area contributed by atoms with E-state index in [0.29, 0.717) is 18.6 Å². The summed E-state index contributed by atoms with van der Waals surface area (Å²) in [7, 11) is 1.67. The van der Waals surface area contributed by atoms with E-state index in [1.165, 1.54) is 37.9 Å². The van der Waals surface area contributed by atoms with Gasteiger partial charge in [0, 0.05) is 29.2 Å². The number of ether oxygens (including phenoxy) is 2. The lowest BCUT2D eigenvalue weighted by atomic mass is 10.0. The second-order valence-corrected chi connectivity index (χ2v) is 9.64. The van der Waals surface area contributed by atoms with Crippen LogP contribution in [0.15, 0.2) is 77.7 Å². The van der Waals surface area contributed by atoms with Crippen LogP contribution in [0, 0.1) is 0 Å². The molecule has 1 fully saturated rings. The van der Waals surface area contributed by atoms with Gasteiger partial charge in [-0.3, -0.25) is 9.69 Å². The first-order valence-electron chi connectivity index (χ1n) is 12.0. The van der Waals surface area contributed by atoms with E-state index in [-0.39, 0.29) is 5.78 Å². The van der Waals surface area contributed by atoms with Crippen LogP contribution < -0.4 is 9.47 Å². The molecule has 178 valence electrons. The summed E-state index contributed by atoms with van der Waals surface area (Å²) < 4.78 is 11.3. The Morgan fingerprint density at radius 1 is 0.912 bits per heavy atom. The van der Waals surface area contributed by atoms with Crippen LogP contribution in [0.5, 0.6) is 11.5 Å². The van der Waals surface area contributed by atoms with Gasteiger partial charge in [-0.25, -0.2) is 0 Å². The topological polar surface area (TPSA) is 38.8 Å². The van der Waals surface area contributed by atoms with Crippen LogP contribution in [0.25, 0.3) is 0 Å². The maximum atomic E-state index is 13.0. The zero-order chi connectivity index (χ0) is 23.6. The molecule has 1 aliphatic heterocycles. The van der Waals surface area contributed by atoms with Gasteiger partial charge in [0.2, 0.25) is 0 Å². The lowest BCUT2D eigenvalue weighted by molar-refractivity contribution is 0.0992. The van der Waals surface area contributed by atoms with Gasteiger partial charge < -0.3 is 9.47 Å². The summed E-state index contributed by atoms with van der Waals surface area (Å²) in [4.78, 5) is 16.6. The molecule has 34 heavy (non-hydrogen) atoms. The Balaban J connectivity index is 1.34. The van der Waals surface area contributed by atoms with E-state index in [1.807, 2.05) is 60.7 Å². The Labute approximate surface area is 207 Å². The number of ketones is 1. The quantitative estimate of drug-likeness (QED) is 0.241. The van der Waals surface area contributed by atoms with E-state index in [9.17, 15) is 4.79 Å². The smallest absolute Gasteiger partial charge is 0.167 e. The van der Waals surface area contributed by atoms with Crippen molar-refractivity contribution in [1.82, 2.24) is 4.90 Å². The standard InChI is InChI=1S/C29H33NO3S/c1-32-27-15-12-25(29(21-27)34-22-23-8-4-2-5-9-23)20-28(31)24-10-13-26(14-11-24)33-19-18-30-16-6-3-7-17-30/h2,4-5,8-15,21H,3,6-7,16-20,22H2,1H3. The molecular weight excluding hydrogens is 442 g/mol. The average molecular weight is 476 g/mol. The number of carbonyl (C=O) groups is 1. The number of likely N-dealkylation sites (tertiary alicyclic amines) is 1. The summed E-state index contributed by atoms with van der Waals surface area (Å²) in [5.74, 6) is 2.57. The van der Waals surface area contributed by atoms with Gasteiger partial charge in [-0.2, -0.15) is 0 Å². The van der Waals surface area contributed by atoms with Crippen molar-refractivity contribution < 1.29 is 14.3 Å². The molecule has 0 aromatic heterocycles. The molecule has 1 heterocycles. The second kappa shape index (κ2) is 12.6. The van der Waals surface area contributed by atoms with Gasteiger partial charge in [-0.05, 0) is 73.5 Å². The minimum atomic E-state index is 0.103. The number of hydrogen-bond donors (Lipinski definition) is 0. The molecule has 1 saturated heterocycles. The third-order valence-electron chi connectivity index (χ3n) is 6.16. The van der Waals surface area contributed by atoms with Crippen molar-refractivity contribution in [1.29, 1.82) is 0 Å². The molecule has 0 aliphatic carbocycles. The average Bonchev–Trinajstić information content (AvgIpc) is 2.89. The maximum absolute atomic E-state index is 13.0. The van der Waals surface area contributed by atoms with Crippen molar-refractivity contribution in [2.24, 2.45) is 0 Å². The van der Waals surface area contributed by atoms with Crippen LogP contribution >= 0.6 is 11.8 Å². The van der Waals surface area contributed by atoms with Crippen LogP contribution in [0.1, 0.15) is 40.7 Å². The monoisotopic (exact) mass is 475 g/mol. The first-order valence-corrected chi connectivity index (χ1v) is 13.0. The first kappa shape index (κ1) is 24.4. The minimum Gasteiger partial charge on any atom is -0.497 e. The van der Waals surface area contributed by atoms with Crippen molar-refractivity contribution >= 4 is 17.5 Å². The van der Waals surface area contributed by atoms with Crippen LogP contribution in [0.2, 0.25) is 0 Å². The third-order valence-corrected chi connectivity index (χ3v) is 7.33. The molecule has 5 heteroatoms. The summed E-state index contributed by atoms with van der Waals surface area (Å²) in [6.45, 7) is 3.99. The number of rotatable bonds is 11. The number of methoxy groups -OCH3 is 1. The highest BCUT2D eigenvalue weighted by Gasteiger charge is 2.13. The van der Waals surface area contributed by atoms with Crippen LogP contribution in [0.3, 0.4) is 0 Å². The van der Waals surface area contributed by atoms with Crippen molar-refractivity contribution in [2.75, 3.05) is 33.4 Å². The molecule has 0 unspecified atom stereocenters. The lowest BCUT2D eigenvalue weighted by Gasteiger charge is -2.26. The summed E-state index contributed by atoms with van der Waals surface area (Å²) in [6, 6.07) is 23.9. The molecule has 3 aromatic rings. The molecule has 0 bridgehead atoms. The molecule has 0 spiro atoms. The number of nitrogens with zero attached hydrogens (tertiary/aromatic N) is 1. The Morgan fingerprint density at radius 2 is 1.65 bits per heavy atom. The van der Waals surface area contributed by atoms with Gasteiger partial charge in [-0.15, -0.1) is 11.8 Å². The van der Waals surface area contributed by atoms with Crippen molar-refractivity contribution in [3.05, 3.63) is 89.5 Å². The Morgan fingerprint density at radius 3 is 2.38 bits per heavy atom. The van der Waals surface area contributed by atoms with E-state index < -0.39 is 0 Å². The number of piperidine rings is 1. The fourth-order valence-electron chi connectivity index (χ4n) is 4.17. The minimum absolute atomic E-state index is 0.103. The number of Topliss-reactive ketones (excluding diaryl/α,β-unsaturated/α-hetero) is 1. The third kappa shape index (κ3) is 7.12. The normalized spacial score (nSPS) is 14.0. The SMILES string of the molecule is COc1ccc(CC(=O)c2ccc(OCCN3CCCCC3)cc2)c(SCc2ccccc2)c1. The van der Waals surface area contributed by atoms with Gasteiger partial charge in [0.25, 0.3) is 0 Å². The van der Waals surface area contributed by atoms with Crippen molar-refractivity contribution in [2.45, 2.75) is 36.3 Å². The molecule has 4 rings (SSSR count). The largest absolute Gasteiger partial charge is 0.497 e. The van der Waals surface area contributed by atoms with E-state index in [1.54, 1.807) is 18.9 Å². The van der Waals surface area contributed by atoms with Crippen LogP contribution in [-0.2, 0) is 12.2 Å². The Bertz CT molecular complexity index is 1050.